The molecule has 0 aliphatic carbocycles. The second-order valence-electron chi connectivity index (χ2n) is 6.67. The predicted molar refractivity (Wildman–Crippen MR) is 94.7 cm³/mol. The molecule has 0 atom stereocenters. The Morgan fingerprint density at radius 2 is 1.36 bits per heavy atom. The minimum atomic E-state index is -0.937. The van der Waals surface area contributed by atoms with Crippen molar-refractivity contribution in [2.75, 3.05) is 0 Å². The van der Waals surface area contributed by atoms with E-state index >= 15 is 0 Å². The third kappa shape index (κ3) is 3.15. The number of hydrogen-bond acceptors (Lipinski definition) is 4. The van der Waals surface area contributed by atoms with Crippen molar-refractivity contribution in [1.82, 2.24) is 29.5 Å². The van der Waals surface area contributed by atoms with Crippen LogP contribution < -0.4 is 0 Å². The van der Waals surface area contributed by atoms with Crippen molar-refractivity contribution < 1.29 is 13.2 Å². The topological polar surface area (TPSA) is 61.4 Å². The molecule has 4 aromatic rings. The van der Waals surface area contributed by atoms with Crippen LogP contribution in [0.2, 0.25) is 0 Å². The smallest absolute Gasteiger partial charge is 0.233 e. The Kier molecular flexibility index (Phi) is 4.21. The standard InChI is InChI=1S/C19H15F3N6/c1-19(2,13-4-3-5-16(23-13)27-10-8-14(21)25-27)18-12(20)6-7-17(24-18)28-11-9-15(22)26-28/h3-11H,1-2H3. The summed E-state index contributed by atoms with van der Waals surface area (Å²) >= 11 is 0. The highest BCUT2D eigenvalue weighted by Crippen LogP contribution is 2.31. The first kappa shape index (κ1) is 17.9. The van der Waals surface area contributed by atoms with Gasteiger partial charge in [-0.1, -0.05) is 6.07 Å². The normalized spacial score (nSPS) is 11.8. The van der Waals surface area contributed by atoms with Crippen molar-refractivity contribution in [3.63, 3.8) is 0 Å². The number of pyridine rings is 2. The predicted octanol–water partition coefficient (Wildman–Crippen LogP) is 3.59. The highest BCUT2D eigenvalue weighted by molar-refractivity contribution is 5.36. The van der Waals surface area contributed by atoms with Gasteiger partial charge in [0, 0.05) is 24.5 Å². The maximum absolute atomic E-state index is 14.6. The molecule has 0 bridgehead atoms. The van der Waals surface area contributed by atoms with Crippen LogP contribution in [0.5, 0.6) is 0 Å². The van der Waals surface area contributed by atoms with E-state index < -0.39 is 23.1 Å². The molecule has 4 aromatic heterocycles. The zero-order chi connectivity index (χ0) is 19.9. The highest BCUT2D eigenvalue weighted by Gasteiger charge is 2.30. The van der Waals surface area contributed by atoms with Gasteiger partial charge in [-0.15, -0.1) is 10.2 Å². The maximum atomic E-state index is 14.6. The van der Waals surface area contributed by atoms with Crippen molar-refractivity contribution in [2.45, 2.75) is 19.3 Å². The largest absolute Gasteiger partial charge is 0.233 e. The Bertz CT molecular complexity index is 1150. The molecule has 9 heteroatoms. The van der Waals surface area contributed by atoms with E-state index in [2.05, 4.69) is 20.2 Å². The minimum absolute atomic E-state index is 0.122. The van der Waals surface area contributed by atoms with Crippen LogP contribution in [0, 0.1) is 17.7 Å². The molecule has 0 N–H and O–H groups in total. The van der Waals surface area contributed by atoms with Gasteiger partial charge in [-0.3, -0.25) is 0 Å². The van der Waals surface area contributed by atoms with Crippen molar-refractivity contribution in [3.05, 3.63) is 84.0 Å². The lowest BCUT2D eigenvalue weighted by atomic mass is 9.84. The molecule has 0 aliphatic heterocycles. The fourth-order valence-corrected chi connectivity index (χ4v) is 2.88. The Labute approximate surface area is 158 Å². The summed E-state index contributed by atoms with van der Waals surface area (Å²) in [6.07, 6.45) is 2.84. The van der Waals surface area contributed by atoms with E-state index in [1.54, 1.807) is 32.0 Å². The molecule has 0 radical (unpaired) electrons. The molecule has 0 saturated carbocycles. The van der Waals surface area contributed by atoms with Crippen LogP contribution in [0.1, 0.15) is 25.2 Å². The maximum Gasteiger partial charge on any atom is 0.233 e. The molecule has 142 valence electrons. The summed E-state index contributed by atoms with van der Waals surface area (Å²) in [5.41, 5.74) is -0.304. The van der Waals surface area contributed by atoms with E-state index in [1.165, 1.54) is 46.0 Å². The minimum Gasteiger partial charge on any atom is -0.233 e. The van der Waals surface area contributed by atoms with E-state index in [4.69, 9.17) is 0 Å². The first-order chi connectivity index (χ1) is 13.3. The van der Waals surface area contributed by atoms with Crippen LogP contribution in [-0.2, 0) is 5.41 Å². The molecule has 0 amide bonds. The number of rotatable bonds is 4. The summed E-state index contributed by atoms with van der Waals surface area (Å²) in [5, 5.41) is 7.37. The van der Waals surface area contributed by atoms with Crippen LogP contribution >= 0.6 is 0 Å². The van der Waals surface area contributed by atoms with Gasteiger partial charge in [-0.2, -0.15) is 8.78 Å². The average molecular weight is 384 g/mol. The molecule has 4 heterocycles. The molecule has 6 nitrogen and oxygen atoms in total. The number of halogens is 3. The molecule has 0 unspecified atom stereocenters. The van der Waals surface area contributed by atoms with Crippen molar-refractivity contribution in [3.8, 4) is 11.6 Å². The second-order valence-corrected chi connectivity index (χ2v) is 6.67. The molecular formula is C19H15F3N6. The lowest BCUT2D eigenvalue weighted by Gasteiger charge is -2.25. The summed E-state index contributed by atoms with van der Waals surface area (Å²) < 4.78 is 43.6. The average Bonchev–Trinajstić information content (AvgIpc) is 3.30. The van der Waals surface area contributed by atoms with E-state index in [0.29, 0.717) is 11.5 Å². The lowest BCUT2D eigenvalue weighted by Crippen LogP contribution is -2.25. The van der Waals surface area contributed by atoms with Gasteiger partial charge < -0.3 is 0 Å². The van der Waals surface area contributed by atoms with Crippen molar-refractivity contribution in [2.24, 2.45) is 0 Å². The summed E-state index contributed by atoms with van der Waals surface area (Å²) in [6, 6.07) is 10.2. The molecule has 0 saturated heterocycles. The number of nitrogens with zero attached hydrogens (tertiary/aromatic N) is 6. The molecule has 0 fully saturated rings. The Morgan fingerprint density at radius 3 is 1.93 bits per heavy atom. The van der Waals surface area contributed by atoms with Crippen LogP contribution in [0.4, 0.5) is 13.2 Å². The van der Waals surface area contributed by atoms with Gasteiger partial charge in [-0.25, -0.2) is 23.7 Å². The van der Waals surface area contributed by atoms with Crippen molar-refractivity contribution in [1.29, 1.82) is 0 Å². The van der Waals surface area contributed by atoms with Crippen LogP contribution in [0.15, 0.2) is 54.9 Å². The highest BCUT2D eigenvalue weighted by atomic mass is 19.1. The van der Waals surface area contributed by atoms with Gasteiger partial charge in [0.05, 0.1) is 16.8 Å². The summed E-state index contributed by atoms with van der Waals surface area (Å²) in [6.45, 7) is 3.53. The molecule has 0 aliphatic rings. The summed E-state index contributed by atoms with van der Waals surface area (Å²) in [7, 11) is 0. The van der Waals surface area contributed by atoms with E-state index in [9.17, 15) is 13.2 Å². The zero-order valence-corrected chi connectivity index (χ0v) is 15.0. The number of hydrogen-bond donors (Lipinski definition) is 0. The van der Waals surface area contributed by atoms with Gasteiger partial charge in [0.2, 0.25) is 11.9 Å². The summed E-state index contributed by atoms with van der Waals surface area (Å²) in [5.74, 6) is -1.15. The Morgan fingerprint density at radius 1 is 0.750 bits per heavy atom. The van der Waals surface area contributed by atoms with Crippen LogP contribution in [0.3, 0.4) is 0 Å². The van der Waals surface area contributed by atoms with Crippen molar-refractivity contribution >= 4 is 0 Å². The van der Waals surface area contributed by atoms with Gasteiger partial charge >= 0.3 is 0 Å². The third-order valence-corrected chi connectivity index (χ3v) is 4.38. The second kappa shape index (κ2) is 6.59. The molecule has 0 aromatic carbocycles. The van der Waals surface area contributed by atoms with Gasteiger partial charge in [0.1, 0.15) is 5.82 Å². The number of aromatic nitrogens is 6. The van der Waals surface area contributed by atoms with E-state index in [-0.39, 0.29) is 11.5 Å². The fraction of sp³-hybridized carbons (Fsp3) is 0.158. The van der Waals surface area contributed by atoms with Gasteiger partial charge in [-0.05, 0) is 38.1 Å². The Hall–Kier alpha value is -3.49. The van der Waals surface area contributed by atoms with Gasteiger partial charge in [0.15, 0.2) is 11.6 Å². The first-order valence-electron chi connectivity index (χ1n) is 8.42. The lowest BCUT2D eigenvalue weighted by molar-refractivity contribution is 0.513. The van der Waals surface area contributed by atoms with E-state index in [0.717, 1.165) is 0 Å². The first-order valence-corrected chi connectivity index (χ1v) is 8.42. The van der Waals surface area contributed by atoms with E-state index in [1.807, 2.05) is 0 Å². The third-order valence-electron chi connectivity index (χ3n) is 4.38. The molecular weight excluding hydrogens is 369 g/mol. The molecule has 28 heavy (non-hydrogen) atoms. The quantitative estimate of drug-likeness (QED) is 0.540. The fourth-order valence-electron chi connectivity index (χ4n) is 2.88. The molecule has 0 spiro atoms. The van der Waals surface area contributed by atoms with Crippen LogP contribution in [0.25, 0.3) is 11.6 Å². The SMILES string of the molecule is CC(C)(c1cccc(-n2ccc(F)n2)n1)c1nc(-n2ccc(F)n2)ccc1F. The Balaban J connectivity index is 1.78. The molecule has 4 rings (SSSR count). The summed E-state index contributed by atoms with van der Waals surface area (Å²) in [4.78, 5) is 8.84. The zero-order valence-electron chi connectivity index (χ0n) is 15.0. The monoisotopic (exact) mass is 384 g/mol. The van der Waals surface area contributed by atoms with Crippen LogP contribution in [-0.4, -0.2) is 29.5 Å². The van der Waals surface area contributed by atoms with Gasteiger partial charge in [0.25, 0.3) is 0 Å².